The van der Waals surface area contributed by atoms with E-state index in [1.807, 2.05) is 0 Å². The van der Waals surface area contributed by atoms with Crippen molar-refractivity contribution in [3.8, 4) is 0 Å². The number of rotatable bonds is 6. The van der Waals surface area contributed by atoms with Crippen molar-refractivity contribution in [3.05, 3.63) is 229 Å². The molecule has 1 aliphatic rings. The minimum absolute atomic E-state index is 0.169. The monoisotopic (exact) mass is 754 g/mol. The Kier molecular flexibility index (Phi) is 8.20. The smallest absolute Gasteiger partial charge is 0.0503 e. The van der Waals surface area contributed by atoms with E-state index in [0.717, 1.165) is 17.1 Å². The van der Waals surface area contributed by atoms with E-state index in [1.165, 1.54) is 82.4 Å². The van der Waals surface area contributed by atoms with Crippen LogP contribution < -0.4 is 9.80 Å². The fraction of sp³-hybridized carbons (Fsp3) is 0.0526. The summed E-state index contributed by atoms with van der Waals surface area (Å²) in [7, 11) is 0. The summed E-state index contributed by atoms with van der Waals surface area (Å²) in [4.78, 5) is 4.82. The third-order valence-corrected chi connectivity index (χ3v) is 12.3. The van der Waals surface area contributed by atoms with Gasteiger partial charge in [0.2, 0.25) is 0 Å². The summed E-state index contributed by atoms with van der Waals surface area (Å²) < 4.78 is 0. The van der Waals surface area contributed by atoms with E-state index in [1.54, 1.807) is 0 Å². The van der Waals surface area contributed by atoms with E-state index >= 15 is 0 Å². The van der Waals surface area contributed by atoms with Crippen molar-refractivity contribution >= 4 is 89.4 Å². The van der Waals surface area contributed by atoms with Crippen LogP contribution in [0.2, 0.25) is 0 Å². The molecule has 0 amide bonds. The first-order chi connectivity index (χ1) is 29.0. The molecule has 0 atom stereocenters. The Hall–Kier alpha value is -7.42. The standard InChI is InChI=1S/C57H42N2/c1-57(2)53-17-9-10-18-55(53)59(52-30-26-43-13-5-8-16-46(43)37-52)56-32-22-40(34-54(56)57)20-19-39-21-23-48-38-51(31-27-47(48)33-39)58(49-28-24-41-11-3-6-14-44(41)35-49)50-29-25-42-12-4-7-15-45(42)36-50/h3-38H,1-2H3/b20-19+. The van der Waals surface area contributed by atoms with E-state index in [4.69, 9.17) is 0 Å². The number of hydrogen-bond acceptors (Lipinski definition) is 2. The van der Waals surface area contributed by atoms with Crippen molar-refractivity contribution in [1.29, 1.82) is 0 Å². The predicted octanol–water partition coefficient (Wildman–Crippen LogP) is 16.0. The number of para-hydroxylation sites is 1. The van der Waals surface area contributed by atoms with Gasteiger partial charge in [0, 0.05) is 28.2 Å². The Morgan fingerprint density at radius 2 is 0.780 bits per heavy atom. The van der Waals surface area contributed by atoms with Gasteiger partial charge in [0.1, 0.15) is 0 Å². The number of benzene rings is 10. The molecule has 1 heterocycles. The lowest BCUT2D eigenvalue weighted by Gasteiger charge is -2.42. The minimum Gasteiger partial charge on any atom is -0.310 e. The number of fused-ring (bicyclic) bond motifs is 6. The normalized spacial score (nSPS) is 13.3. The second-order valence-corrected chi connectivity index (χ2v) is 16.3. The zero-order valence-electron chi connectivity index (χ0n) is 33.2. The van der Waals surface area contributed by atoms with E-state index in [-0.39, 0.29) is 5.41 Å². The highest BCUT2D eigenvalue weighted by Gasteiger charge is 2.36. The largest absolute Gasteiger partial charge is 0.310 e. The Bertz CT molecular complexity index is 3200. The maximum atomic E-state index is 2.44. The van der Waals surface area contributed by atoms with Crippen LogP contribution in [0.3, 0.4) is 0 Å². The molecule has 0 saturated heterocycles. The lowest BCUT2D eigenvalue weighted by atomic mass is 9.73. The van der Waals surface area contributed by atoms with Gasteiger partial charge in [-0.3, -0.25) is 0 Å². The van der Waals surface area contributed by atoms with Crippen LogP contribution in [0, 0.1) is 0 Å². The van der Waals surface area contributed by atoms with Crippen LogP contribution in [-0.4, -0.2) is 0 Å². The SMILES string of the molecule is CC1(C)c2ccccc2N(c2ccc3ccccc3c2)c2ccc(/C=C/c3ccc4cc(N(c5ccc6ccccc6c5)c5ccc6ccccc6c5)ccc4c3)cc21. The van der Waals surface area contributed by atoms with E-state index < -0.39 is 0 Å². The summed E-state index contributed by atoms with van der Waals surface area (Å²) in [6.45, 7) is 4.71. The molecule has 0 radical (unpaired) electrons. The predicted molar refractivity (Wildman–Crippen MR) is 253 cm³/mol. The highest BCUT2D eigenvalue weighted by molar-refractivity contribution is 5.96. The summed E-state index contributed by atoms with van der Waals surface area (Å²) in [5.41, 5.74) is 11.9. The first-order valence-corrected chi connectivity index (χ1v) is 20.5. The number of anilines is 6. The second-order valence-electron chi connectivity index (χ2n) is 16.3. The van der Waals surface area contributed by atoms with Gasteiger partial charge in [-0.25, -0.2) is 0 Å². The van der Waals surface area contributed by atoms with Gasteiger partial charge in [-0.2, -0.15) is 0 Å². The maximum absolute atomic E-state index is 2.44. The van der Waals surface area contributed by atoms with Crippen molar-refractivity contribution in [2.24, 2.45) is 0 Å². The molecule has 280 valence electrons. The molecule has 0 aliphatic carbocycles. The third-order valence-electron chi connectivity index (χ3n) is 12.3. The highest BCUT2D eigenvalue weighted by atomic mass is 15.2. The highest BCUT2D eigenvalue weighted by Crippen LogP contribution is 2.52. The van der Waals surface area contributed by atoms with E-state index in [9.17, 15) is 0 Å². The fourth-order valence-electron chi connectivity index (χ4n) is 9.18. The zero-order valence-corrected chi connectivity index (χ0v) is 33.2. The van der Waals surface area contributed by atoms with E-state index in [0.29, 0.717) is 0 Å². The molecule has 10 aromatic rings. The average Bonchev–Trinajstić information content (AvgIpc) is 3.28. The Morgan fingerprint density at radius 1 is 0.356 bits per heavy atom. The molecule has 2 nitrogen and oxygen atoms in total. The Morgan fingerprint density at radius 3 is 1.41 bits per heavy atom. The van der Waals surface area contributed by atoms with Crippen LogP contribution >= 0.6 is 0 Å². The number of hydrogen-bond donors (Lipinski definition) is 0. The van der Waals surface area contributed by atoms with Gasteiger partial charge in [0.05, 0.1) is 11.4 Å². The zero-order chi connectivity index (χ0) is 39.5. The molecule has 0 unspecified atom stereocenters. The Balaban J connectivity index is 0.937. The minimum atomic E-state index is -0.169. The topological polar surface area (TPSA) is 6.48 Å². The van der Waals surface area contributed by atoms with Gasteiger partial charge in [-0.15, -0.1) is 0 Å². The quantitative estimate of drug-likeness (QED) is 0.156. The van der Waals surface area contributed by atoms with Crippen molar-refractivity contribution in [1.82, 2.24) is 0 Å². The molecule has 0 bridgehead atoms. The fourth-order valence-corrected chi connectivity index (χ4v) is 9.18. The van der Waals surface area contributed by atoms with Crippen molar-refractivity contribution in [3.63, 3.8) is 0 Å². The molecular formula is C57H42N2. The van der Waals surface area contributed by atoms with Crippen LogP contribution in [-0.2, 0) is 5.41 Å². The molecule has 0 saturated carbocycles. The van der Waals surface area contributed by atoms with Crippen LogP contribution in [0.25, 0.3) is 55.2 Å². The summed E-state index contributed by atoms with van der Waals surface area (Å²) >= 11 is 0. The molecule has 59 heavy (non-hydrogen) atoms. The van der Waals surface area contributed by atoms with Crippen molar-refractivity contribution < 1.29 is 0 Å². The van der Waals surface area contributed by atoms with Gasteiger partial charge in [-0.05, 0) is 138 Å². The van der Waals surface area contributed by atoms with Gasteiger partial charge >= 0.3 is 0 Å². The summed E-state index contributed by atoms with van der Waals surface area (Å²) in [6.07, 6.45) is 4.50. The molecule has 11 rings (SSSR count). The van der Waals surface area contributed by atoms with Crippen LogP contribution in [0.1, 0.15) is 36.1 Å². The average molecular weight is 755 g/mol. The first-order valence-electron chi connectivity index (χ1n) is 20.5. The van der Waals surface area contributed by atoms with Crippen molar-refractivity contribution in [2.45, 2.75) is 19.3 Å². The number of nitrogens with zero attached hydrogens (tertiary/aromatic N) is 2. The van der Waals surface area contributed by atoms with Crippen LogP contribution in [0.15, 0.2) is 206 Å². The lowest BCUT2D eigenvalue weighted by Crippen LogP contribution is -2.30. The third kappa shape index (κ3) is 6.13. The molecule has 0 N–H and O–H groups in total. The van der Waals surface area contributed by atoms with Gasteiger partial charge < -0.3 is 9.80 Å². The molecule has 10 aromatic carbocycles. The molecule has 1 aliphatic heterocycles. The van der Waals surface area contributed by atoms with Crippen LogP contribution in [0.4, 0.5) is 34.1 Å². The lowest BCUT2D eigenvalue weighted by molar-refractivity contribution is 0.632. The molecule has 0 aromatic heterocycles. The molecular weight excluding hydrogens is 713 g/mol. The molecule has 0 fully saturated rings. The van der Waals surface area contributed by atoms with Gasteiger partial charge in [0.15, 0.2) is 0 Å². The Labute approximate surface area is 345 Å². The molecule has 2 heteroatoms. The molecule has 0 spiro atoms. The summed E-state index contributed by atoms with van der Waals surface area (Å²) in [5.74, 6) is 0. The van der Waals surface area contributed by atoms with Gasteiger partial charge in [0.25, 0.3) is 0 Å². The first kappa shape index (κ1) is 34.8. The van der Waals surface area contributed by atoms with Crippen LogP contribution in [0.5, 0.6) is 0 Å². The van der Waals surface area contributed by atoms with E-state index in [2.05, 4.69) is 242 Å². The summed E-state index contributed by atoms with van der Waals surface area (Å²) in [5, 5.41) is 9.83. The maximum Gasteiger partial charge on any atom is 0.0503 e. The second kappa shape index (κ2) is 13.9. The van der Waals surface area contributed by atoms with Crippen molar-refractivity contribution in [2.75, 3.05) is 9.80 Å². The van der Waals surface area contributed by atoms with Gasteiger partial charge in [-0.1, -0.05) is 159 Å². The summed E-state index contributed by atoms with van der Waals surface area (Å²) in [6, 6.07) is 75.5.